The number of ether oxygens (including phenoxy) is 3. The second-order valence-corrected chi connectivity index (χ2v) is 10.0. The number of aliphatic hydroxyl groups excluding tert-OH is 1. The Labute approximate surface area is 224 Å². The smallest absolute Gasteiger partial charge is 0.255 e. The minimum Gasteiger partial charge on any atom is -0.494 e. The van der Waals surface area contributed by atoms with E-state index in [4.69, 9.17) is 14.2 Å². The summed E-state index contributed by atoms with van der Waals surface area (Å²) in [6.45, 7) is 2.65. The Morgan fingerprint density at radius 3 is 2.69 bits per heavy atom. The van der Waals surface area contributed by atoms with Crippen LogP contribution in [0.1, 0.15) is 35.3 Å². The lowest BCUT2D eigenvalue weighted by Crippen LogP contribution is -2.55. The Hall–Kier alpha value is -3.77. The number of aryl methyl sites for hydroxylation is 1. The minimum absolute atomic E-state index is 0.0427. The molecular formula is C27H32FN5O6. The third-order valence-electron chi connectivity index (χ3n) is 7.20. The number of methoxy groups -OCH3 is 2. The Bertz CT molecular complexity index is 1390. The van der Waals surface area contributed by atoms with E-state index < -0.39 is 23.9 Å². The zero-order chi connectivity index (χ0) is 27.7. The molecule has 0 bridgehead atoms. The average molecular weight is 542 g/mol. The molecule has 11 nitrogen and oxygen atoms in total. The molecule has 2 amide bonds. The van der Waals surface area contributed by atoms with Crippen LogP contribution in [0.2, 0.25) is 0 Å². The highest BCUT2D eigenvalue weighted by Gasteiger charge is 2.33. The molecule has 5 rings (SSSR count). The van der Waals surface area contributed by atoms with Crippen LogP contribution in [-0.2, 0) is 9.53 Å². The van der Waals surface area contributed by atoms with Gasteiger partial charge in [0.1, 0.15) is 29.9 Å². The molecule has 1 aromatic carbocycles. The minimum atomic E-state index is -0.933. The van der Waals surface area contributed by atoms with E-state index in [2.05, 4.69) is 20.3 Å². The summed E-state index contributed by atoms with van der Waals surface area (Å²) in [5.74, 6) is -0.343. The largest absolute Gasteiger partial charge is 0.494 e. The number of nitrogens with one attached hydrogen (secondary N) is 2. The summed E-state index contributed by atoms with van der Waals surface area (Å²) in [4.78, 5) is 39.1. The molecule has 208 valence electrons. The number of carbonyl (C=O) groups excluding carboxylic acids is 2. The summed E-state index contributed by atoms with van der Waals surface area (Å²) in [7, 11) is 2.82. The van der Waals surface area contributed by atoms with Gasteiger partial charge in [-0.05, 0) is 38.2 Å². The number of aromatic amines is 1. The van der Waals surface area contributed by atoms with Gasteiger partial charge in [0.05, 0.1) is 36.9 Å². The molecule has 3 N–H and O–H groups in total. The number of nitrogens with zero attached hydrogens (tertiary/aromatic N) is 3. The number of hydrogen-bond acceptors (Lipinski definition) is 8. The van der Waals surface area contributed by atoms with Gasteiger partial charge in [-0.2, -0.15) is 0 Å². The molecule has 1 aliphatic heterocycles. The summed E-state index contributed by atoms with van der Waals surface area (Å²) in [6, 6.07) is 2.28. The van der Waals surface area contributed by atoms with Crippen molar-refractivity contribution in [2.75, 3.05) is 40.5 Å². The van der Waals surface area contributed by atoms with Gasteiger partial charge in [0, 0.05) is 37.5 Å². The first-order valence-electron chi connectivity index (χ1n) is 12.9. The lowest BCUT2D eigenvalue weighted by Gasteiger charge is -2.36. The van der Waals surface area contributed by atoms with E-state index in [9.17, 15) is 19.1 Å². The van der Waals surface area contributed by atoms with E-state index in [1.54, 1.807) is 6.92 Å². The fourth-order valence-electron chi connectivity index (χ4n) is 4.87. The number of piperidine rings is 1. The molecule has 1 saturated carbocycles. The van der Waals surface area contributed by atoms with Crippen molar-refractivity contribution in [3.8, 4) is 22.8 Å². The SMILES string of the molecule is COCC(=O)N1CCC(NC(=O)c2c(C)[nH]c3c(-c4cc(OC)c(F)cc4OCC4CC4)ncnc23)C(O)C1. The maximum atomic E-state index is 14.6. The predicted octanol–water partition coefficient (Wildman–Crippen LogP) is 2.21. The van der Waals surface area contributed by atoms with Crippen molar-refractivity contribution in [3.63, 3.8) is 0 Å². The van der Waals surface area contributed by atoms with Crippen LogP contribution in [0.3, 0.4) is 0 Å². The lowest BCUT2D eigenvalue weighted by molar-refractivity contribution is -0.138. The van der Waals surface area contributed by atoms with Crippen LogP contribution in [0.25, 0.3) is 22.3 Å². The van der Waals surface area contributed by atoms with Gasteiger partial charge in [-0.1, -0.05) is 0 Å². The van der Waals surface area contributed by atoms with Gasteiger partial charge in [0.25, 0.3) is 5.91 Å². The molecule has 0 spiro atoms. The second kappa shape index (κ2) is 11.1. The van der Waals surface area contributed by atoms with Crippen LogP contribution in [0.15, 0.2) is 18.5 Å². The van der Waals surface area contributed by atoms with E-state index >= 15 is 0 Å². The van der Waals surface area contributed by atoms with E-state index in [-0.39, 0.29) is 24.8 Å². The highest BCUT2D eigenvalue weighted by atomic mass is 19.1. The second-order valence-electron chi connectivity index (χ2n) is 10.0. The van der Waals surface area contributed by atoms with E-state index in [0.29, 0.717) is 64.8 Å². The zero-order valence-corrected chi connectivity index (χ0v) is 22.1. The Kier molecular flexibility index (Phi) is 7.67. The van der Waals surface area contributed by atoms with Crippen LogP contribution in [-0.4, -0.2) is 89.4 Å². The monoisotopic (exact) mass is 541 g/mol. The molecule has 2 unspecified atom stereocenters. The number of halogens is 1. The molecule has 3 heterocycles. The average Bonchev–Trinajstić information content (AvgIpc) is 3.68. The number of likely N-dealkylation sites (tertiary alicyclic amines) is 1. The van der Waals surface area contributed by atoms with Gasteiger partial charge in [-0.25, -0.2) is 14.4 Å². The number of rotatable bonds is 9. The van der Waals surface area contributed by atoms with Crippen molar-refractivity contribution >= 4 is 22.8 Å². The molecule has 3 aromatic rings. The van der Waals surface area contributed by atoms with Gasteiger partial charge in [-0.15, -0.1) is 0 Å². The van der Waals surface area contributed by atoms with Crippen LogP contribution >= 0.6 is 0 Å². The van der Waals surface area contributed by atoms with Gasteiger partial charge in [0.2, 0.25) is 5.91 Å². The van der Waals surface area contributed by atoms with Crippen molar-refractivity contribution in [1.82, 2.24) is 25.2 Å². The van der Waals surface area contributed by atoms with Crippen molar-refractivity contribution in [2.45, 2.75) is 38.3 Å². The van der Waals surface area contributed by atoms with E-state index in [1.807, 2.05) is 0 Å². The normalized spacial score (nSPS) is 19.3. The highest BCUT2D eigenvalue weighted by Crippen LogP contribution is 2.39. The summed E-state index contributed by atoms with van der Waals surface area (Å²) in [5.41, 5.74) is 2.70. The Morgan fingerprint density at radius 1 is 1.21 bits per heavy atom. The number of H-pyrrole nitrogens is 1. The number of fused-ring (bicyclic) bond motifs is 1. The summed E-state index contributed by atoms with van der Waals surface area (Å²) >= 11 is 0. The van der Waals surface area contributed by atoms with Crippen LogP contribution in [0.5, 0.6) is 11.5 Å². The maximum absolute atomic E-state index is 14.6. The molecule has 1 aliphatic carbocycles. The molecule has 2 atom stereocenters. The summed E-state index contributed by atoms with van der Waals surface area (Å²) < 4.78 is 30.7. The topological polar surface area (TPSA) is 139 Å². The first kappa shape index (κ1) is 26.8. The fraction of sp³-hybridized carbons (Fsp3) is 0.481. The predicted molar refractivity (Wildman–Crippen MR) is 139 cm³/mol. The van der Waals surface area contributed by atoms with Crippen molar-refractivity contribution in [1.29, 1.82) is 0 Å². The molecule has 2 fully saturated rings. The third kappa shape index (κ3) is 5.52. The number of hydrogen-bond donors (Lipinski definition) is 3. The number of aliphatic hydroxyl groups is 1. The van der Waals surface area contributed by atoms with Gasteiger partial charge in [-0.3, -0.25) is 9.59 Å². The Morgan fingerprint density at radius 2 is 2.00 bits per heavy atom. The van der Waals surface area contributed by atoms with Gasteiger partial charge < -0.3 is 34.5 Å². The number of benzene rings is 1. The van der Waals surface area contributed by atoms with Crippen molar-refractivity contribution in [3.05, 3.63) is 35.5 Å². The fourth-order valence-corrected chi connectivity index (χ4v) is 4.87. The number of β-amino-alcohol motifs (C(OH)–C–C–N with tert-alkyl or cyclic N) is 1. The molecule has 12 heteroatoms. The highest BCUT2D eigenvalue weighted by molar-refractivity contribution is 6.09. The van der Waals surface area contributed by atoms with Gasteiger partial charge in [0.15, 0.2) is 11.6 Å². The van der Waals surface area contributed by atoms with Crippen LogP contribution in [0.4, 0.5) is 4.39 Å². The van der Waals surface area contributed by atoms with Crippen molar-refractivity contribution < 1.29 is 33.3 Å². The van der Waals surface area contributed by atoms with Crippen LogP contribution in [0, 0.1) is 18.7 Å². The zero-order valence-electron chi connectivity index (χ0n) is 22.1. The van der Waals surface area contributed by atoms with Crippen LogP contribution < -0.4 is 14.8 Å². The quantitative estimate of drug-likeness (QED) is 0.375. The summed E-state index contributed by atoms with van der Waals surface area (Å²) in [5, 5.41) is 13.5. The number of amides is 2. The molecule has 0 radical (unpaired) electrons. The number of aromatic nitrogens is 3. The van der Waals surface area contributed by atoms with Crippen molar-refractivity contribution in [2.24, 2.45) is 5.92 Å². The molecule has 2 aliphatic rings. The Balaban J connectivity index is 1.43. The first-order chi connectivity index (χ1) is 18.8. The molecule has 39 heavy (non-hydrogen) atoms. The maximum Gasteiger partial charge on any atom is 0.255 e. The molecule has 1 saturated heterocycles. The van der Waals surface area contributed by atoms with E-state index in [0.717, 1.165) is 12.8 Å². The first-order valence-corrected chi connectivity index (χ1v) is 12.9. The molecular weight excluding hydrogens is 509 g/mol. The van der Waals surface area contributed by atoms with Gasteiger partial charge >= 0.3 is 0 Å². The lowest BCUT2D eigenvalue weighted by atomic mass is 10.0. The summed E-state index contributed by atoms with van der Waals surface area (Å²) in [6.07, 6.45) is 2.96. The third-order valence-corrected chi connectivity index (χ3v) is 7.20. The number of carbonyl (C=O) groups is 2. The standard InChI is InChI=1S/C27H32FN5O6/c1-14-23(27(36)32-18-6-7-33(10-19(18)34)22(35)12-37-2)25-26(31-14)24(29-13-30-25)16-8-21(38-3)17(28)9-20(16)39-11-15-4-5-15/h8-9,13,15,18-19,31,34H,4-7,10-12H2,1-3H3,(H,32,36). The molecule has 2 aromatic heterocycles. The van der Waals surface area contributed by atoms with E-state index in [1.165, 1.54) is 37.6 Å².